The number of aliphatic hydroxyl groups is 1. The molecule has 0 aliphatic carbocycles. The molecule has 2 atom stereocenters. The van der Waals surface area contributed by atoms with Crippen LogP contribution >= 0.6 is 0 Å². The van der Waals surface area contributed by atoms with E-state index in [9.17, 15) is 5.11 Å². The molecule has 0 spiro atoms. The Morgan fingerprint density at radius 3 is 3.00 bits per heavy atom. The molecule has 0 amide bonds. The average Bonchev–Trinajstić information content (AvgIpc) is 2.99. The van der Waals surface area contributed by atoms with Crippen LogP contribution in [0.25, 0.3) is 0 Å². The minimum absolute atomic E-state index is 0.197. The molecule has 0 saturated carbocycles. The van der Waals surface area contributed by atoms with E-state index in [2.05, 4.69) is 6.07 Å². The fourth-order valence-electron chi connectivity index (χ4n) is 2.71. The molecule has 1 saturated heterocycles. The number of fused-ring (bicyclic) bond motifs is 1. The zero-order chi connectivity index (χ0) is 11.9. The second kappa shape index (κ2) is 4.00. The van der Waals surface area contributed by atoms with Gasteiger partial charge in [0, 0.05) is 18.9 Å². The lowest BCUT2D eigenvalue weighted by molar-refractivity contribution is -0.00976. The van der Waals surface area contributed by atoms with Gasteiger partial charge in [-0.25, -0.2) is 0 Å². The zero-order valence-corrected chi connectivity index (χ0v) is 10.1. The molecule has 2 unspecified atom stereocenters. The largest absolute Gasteiger partial charge is 0.493 e. The SMILES string of the molecule is CC(O)(c1ccc2c(c1)CCO2)C1CCOC1. The average molecular weight is 234 g/mol. The predicted octanol–water partition coefficient (Wildman–Crippen LogP) is 1.87. The van der Waals surface area contributed by atoms with Gasteiger partial charge in [0.25, 0.3) is 0 Å². The van der Waals surface area contributed by atoms with Gasteiger partial charge in [-0.3, -0.25) is 0 Å². The fraction of sp³-hybridized carbons (Fsp3) is 0.571. The van der Waals surface area contributed by atoms with Crippen molar-refractivity contribution >= 4 is 0 Å². The molecule has 3 nitrogen and oxygen atoms in total. The molecule has 2 aliphatic rings. The van der Waals surface area contributed by atoms with E-state index in [1.54, 1.807) is 0 Å². The van der Waals surface area contributed by atoms with E-state index in [0.29, 0.717) is 6.61 Å². The first-order valence-corrected chi connectivity index (χ1v) is 6.24. The van der Waals surface area contributed by atoms with Gasteiger partial charge in [-0.1, -0.05) is 6.07 Å². The summed E-state index contributed by atoms with van der Waals surface area (Å²) < 4.78 is 10.9. The maximum absolute atomic E-state index is 10.7. The van der Waals surface area contributed by atoms with Crippen LogP contribution in [0.1, 0.15) is 24.5 Å². The Morgan fingerprint density at radius 2 is 2.24 bits per heavy atom. The highest BCUT2D eigenvalue weighted by Gasteiger charge is 2.36. The maximum Gasteiger partial charge on any atom is 0.122 e. The smallest absolute Gasteiger partial charge is 0.122 e. The summed E-state index contributed by atoms with van der Waals surface area (Å²) in [6.07, 6.45) is 1.88. The molecular weight excluding hydrogens is 216 g/mol. The van der Waals surface area contributed by atoms with Crippen molar-refractivity contribution in [3.05, 3.63) is 29.3 Å². The van der Waals surface area contributed by atoms with Crippen LogP contribution in [0.3, 0.4) is 0 Å². The van der Waals surface area contributed by atoms with Crippen molar-refractivity contribution in [1.82, 2.24) is 0 Å². The Hall–Kier alpha value is -1.06. The molecule has 2 heterocycles. The number of ether oxygens (including phenoxy) is 2. The number of hydrogen-bond acceptors (Lipinski definition) is 3. The Labute approximate surface area is 101 Å². The van der Waals surface area contributed by atoms with Gasteiger partial charge >= 0.3 is 0 Å². The first kappa shape index (κ1) is 11.1. The summed E-state index contributed by atoms with van der Waals surface area (Å²) in [6.45, 7) is 4.06. The van der Waals surface area contributed by atoms with E-state index in [1.165, 1.54) is 5.56 Å². The quantitative estimate of drug-likeness (QED) is 0.849. The van der Waals surface area contributed by atoms with E-state index in [-0.39, 0.29) is 5.92 Å². The number of rotatable bonds is 2. The van der Waals surface area contributed by atoms with E-state index in [1.807, 2.05) is 19.1 Å². The van der Waals surface area contributed by atoms with E-state index in [4.69, 9.17) is 9.47 Å². The van der Waals surface area contributed by atoms with Crippen LogP contribution in [0, 0.1) is 5.92 Å². The van der Waals surface area contributed by atoms with Crippen LogP contribution < -0.4 is 4.74 Å². The molecule has 17 heavy (non-hydrogen) atoms. The Morgan fingerprint density at radius 1 is 1.35 bits per heavy atom. The fourth-order valence-corrected chi connectivity index (χ4v) is 2.71. The van der Waals surface area contributed by atoms with E-state index >= 15 is 0 Å². The summed E-state index contributed by atoms with van der Waals surface area (Å²) >= 11 is 0. The molecule has 0 radical (unpaired) electrons. The minimum atomic E-state index is -0.797. The molecule has 3 heteroatoms. The van der Waals surface area contributed by atoms with Gasteiger partial charge in [-0.2, -0.15) is 0 Å². The standard InChI is InChI=1S/C14H18O3/c1-14(15,12-5-6-16-9-12)11-2-3-13-10(8-11)4-7-17-13/h2-3,8,12,15H,4-7,9H2,1H3. The first-order valence-electron chi connectivity index (χ1n) is 6.24. The lowest BCUT2D eigenvalue weighted by Crippen LogP contribution is -2.32. The number of benzene rings is 1. The van der Waals surface area contributed by atoms with Crippen molar-refractivity contribution in [2.45, 2.75) is 25.4 Å². The summed E-state index contributed by atoms with van der Waals surface area (Å²) in [5, 5.41) is 10.7. The monoisotopic (exact) mass is 234 g/mol. The molecule has 92 valence electrons. The first-order chi connectivity index (χ1) is 8.18. The molecule has 1 fully saturated rings. The molecule has 1 aromatic rings. The van der Waals surface area contributed by atoms with E-state index in [0.717, 1.165) is 37.4 Å². The van der Waals surface area contributed by atoms with E-state index < -0.39 is 5.60 Å². The Kier molecular flexibility index (Phi) is 2.60. The predicted molar refractivity (Wildman–Crippen MR) is 64.1 cm³/mol. The van der Waals surface area contributed by atoms with Crippen LogP contribution in [-0.4, -0.2) is 24.9 Å². The third-order valence-electron chi connectivity index (χ3n) is 4.00. The van der Waals surface area contributed by atoms with Gasteiger partial charge in [0.15, 0.2) is 0 Å². The normalized spacial score (nSPS) is 26.4. The van der Waals surface area contributed by atoms with Gasteiger partial charge < -0.3 is 14.6 Å². The van der Waals surface area contributed by atoms with Gasteiger partial charge in [-0.15, -0.1) is 0 Å². The highest BCUT2D eigenvalue weighted by Crippen LogP contribution is 2.37. The molecule has 0 aromatic heterocycles. The maximum atomic E-state index is 10.7. The highest BCUT2D eigenvalue weighted by molar-refractivity contribution is 5.41. The number of hydrogen-bond donors (Lipinski definition) is 1. The van der Waals surface area contributed by atoms with Gasteiger partial charge in [0.05, 0.1) is 18.8 Å². The second-order valence-corrected chi connectivity index (χ2v) is 5.13. The van der Waals surface area contributed by atoms with Crippen molar-refractivity contribution in [1.29, 1.82) is 0 Å². The Bertz CT molecular complexity index is 419. The van der Waals surface area contributed by atoms with Crippen LogP contribution in [0.2, 0.25) is 0 Å². The van der Waals surface area contributed by atoms with Crippen LogP contribution in [0.5, 0.6) is 5.75 Å². The molecule has 1 N–H and O–H groups in total. The topological polar surface area (TPSA) is 38.7 Å². The molecule has 1 aromatic carbocycles. The summed E-state index contributed by atoms with van der Waals surface area (Å²) in [7, 11) is 0. The summed E-state index contributed by atoms with van der Waals surface area (Å²) in [5.74, 6) is 1.16. The molecule has 3 rings (SSSR count). The lowest BCUT2D eigenvalue weighted by Gasteiger charge is -2.30. The second-order valence-electron chi connectivity index (χ2n) is 5.13. The van der Waals surface area contributed by atoms with Gasteiger partial charge in [0.2, 0.25) is 0 Å². The van der Waals surface area contributed by atoms with Crippen LogP contribution in [-0.2, 0) is 16.8 Å². The van der Waals surface area contributed by atoms with Crippen molar-refractivity contribution < 1.29 is 14.6 Å². The van der Waals surface area contributed by atoms with Gasteiger partial charge in [-0.05, 0) is 36.6 Å². The van der Waals surface area contributed by atoms with Crippen molar-refractivity contribution in [3.8, 4) is 5.75 Å². The van der Waals surface area contributed by atoms with Gasteiger partial charge in [0.1, 0.15) is 5.75 Å². The van der Waals surface area contributed by atoms with Crippen LogP contribution in [0.15, 0.2) is 18.2 Å². The molecular formula is C14H18O3. The lowest BCUT2D eigenvalue weighted by atomic mass is 9.82. The van der Waals surface area contributed by atoms with Crippen molar-refractivity contribution in [2.24, 2.45) is 5.92 Å². The van der Waals surface area contributed by atoms with Crippen LogP contribution in [0.4, 0.5) is 0 Å². The third kappa shape index (κ3) is 1.83. The Balaban J connectivity index is 1.92. The summed E-state index contributed by atoms with van der Waals surface area (Å²) in [5.41, 5.74) is 1.40. The summed E-state index contributed by atoms with van der Waals surface area (Å²) in [6, 6.07) is 6.03. The highest BCUT2D eigenvalue weighted by atomic mass is 16.5. The molecule has 0 bridgehead atoms. The molecule has 2 aliphatic heterocycles. The summed E-state index contributed by atoms with van der Waals surface area (Å²) in [4.78, 5) is 0. The van der Waals surface area contributed by atoms with Crippen molar-refractivity contribution in [2.75, 3.05) is 19.8 Å². The van der Waals surface area contributed by atoms with Crippen molar-refractivity contribution in [3.63, 3.8) is 0 Å². The third-order valence-corrected chi connectivity index (χ3v) is 4.00. The zero-order valence-electron chi connectivity index (χ0n) is 10.1. The minimum Gasteiger partial charge on any atom is -0.493 e.